The number of ether oxygens (including phenoxy) is 1. The van der Waals surface area contributed by atoms with Gasteiger partial charge in [-0.05, 0) is 31.5 Å². The number of carbonyl (C=O) groups is 1. The van der Waals surface area contributed by atoms with Crippen molar-refractivity contribution in [2.45, 2.75) is 25.9 Å². The first kappa shape index (κ1) is 13.0. The second kappa shape index (κ2) is 5.87. The van der Waals surface area contributed by atoms with Crippen LogP contribution in [0.2, 0.25) is 5.02 Å². The summed E-state index contributed by atoms with van der Waals surface area (Å²) in [7, 11) is 1.38. The molecule has 0 saturated heterocycles. The van der Waals surface area contributed by atoms with E-state index in [0.717, 1.165) is 5.56 Å². The Kier molecular flexibility index (Phi) is 4.77. The van der Waals surface area contributed by atoms with Crippen molar-refractivity contribution in [3.8, 4) is 0 Å². The molecule has 88 valence electrons. The van der Waals surface area contributed by atoms with Gasteiger partial charge in [-0.1, -0.05) is 23.7 Å². The molecule has 0 aliphatic carbocycles. The zero-order valence-electron chi connectivity index (χ0n) is 9.66. The van der Waals surface area contributed by atoms with Crippen LogP contribution in [-0.2, 0) is 9.53 Å². The molecule has 16 heavy (non-hydrogen) atoms. The standard InChI is InChI=1S/C12H16ClNO2/c1-8(14-9(2)12(15)16-3)10-5-4-6-11(13)7-10/h4-9,14H,1-3H3. The third-order valence-corrected chi connectivity index (χ3v) is 2.64. The summed E-state index contributed by atoms with van der Waals surface area (Å²) in [6.45, 7) is 3.75. The van der Waals surface area contributed by atoms with Crippen LogP contribution >= 0.6 is 11.6 Å². The molecule has 2 unspecified atom stereocenters. The lowest BCUT2D eigenvalue weighted by atomic mass is 10.1. The number of nitrogens with one attached hydrogen (secondary N) is 1. The highest BCUT2D eigenvalue weighted by molar-refractivity contribution is 6.30. The van der Waals surface area contributed by atoms with E-state index in [2.05, 4.69) is 10.1 Å². The number of hydrogen-bond acceptors (Lipinski definition) is 3. The second-order valence-corrected chi connectivity index (χ2v) is 4.12. The van der Waals surface area contributed by atoms with Crippen LogP contribution in [0.1, 0.15) is 25.5 Å². The van der Waals surface area contributed by atoms with Crippen molar-refractivity contribution < 1.29 is 9.53 Å². The molecule has 0 spiro atoms. The summed E-state index contributed by atoms with van der Waals surface area (Å²) in [5, 5.41) is 3.83. The van der Waals surface area contributed by atoms with E-state index in [1.54, 1.807) is 6.92 Å². The van der Waals surface area contributed by atoms with E-state index in [9.17, 15) is 4.79 Å². The Morgan fingerprint density at radius 1 is 1.44 bits per heavy atom. The molecule has 4 heteroatoms. The normalized spacial score (nSPS) is 14.2. The topological polar surface area (TPSA) is 38.3 Å². The lowest BCUT2D eigenvalue weighted by Gasteiger charge is -2.18. The minimum atomic E-state index is -0.334. The van der Waals surface area contributed by atoms with E-state index in [4.69, 9.17) is 11.6 Å². The lowest BCUT2D eigenvalue weighted by molar-refractivity contribution is -0.142. The van der Waals surface area contributed by atoms with Crippen molar-refractivity contribution in [3.05, 3.63) is 34.9 Å². The van der Waals surface area contributed by atoms with Crippen LogP contribution in [0.4, 0.5) is 0 Å². The molecular weight excluding hydrogens is 226 g/mol. The summed E-state index contributed by atoms with van der Waals surface area (Å²) in [5.74, 6) is -0.270. The monoisotopic (exact) mass is 241 g/mol. The SMILES string of the molecule is COC(=O)C(C)NC(C)c1cccc(Cl)c1. The minimum Gasteiger partial charge on any atom is -0.468 e. The molecule has 1 N–H and O–H groups in total. The smallest absolute Gasteiger partial charge is 0.322 e. The number of carbonyl (C=O) groups excluding carboxylic acids is 1. The number of halogens is 1. The maximum atomic E-state index is 11.2. The number of esters is 1. The van der Waals surface area contributed by atoms with Gasteiger partial charge in [0.05, 0.1) is 7.11 Å². The number of rotatable bonds is 4. The molecule has 0 aromatic heterocycles. The molecule has 2 atom stereocenters. The highest BCUT2D eigenvalue weighted by Crippen LogP contribution is 2.17. The van der Waals surface area contributed by atoms with Crippen LogP contribution < -0.4 is 5.32 Å². The second-order valence-electron chi connectivity index (χ2n) is 3.69. The molecule has 0 aliphatic heterocycles. The zero-order valence-corrected chi connectivity index (χ0v) is 10.4. The molecule has 0 bridgehead atoms. The number of hydrogen-bond donors (Lipinski definition) is 1. The summed E-state index contributed by atoms with van der Waals surface area (Å²) < 4.78 is 4.64. The van der Waals surface area contributed by atoms with Gasteiger partial charge in [0.2, 0.25) is 0 Å². The molecule has 1 aromatic rings. The van der Waals surface area contributed by atoms with E-state index < -0.39 is 0 Å². The van der Waals surface area contributed by atoms with Gasteiger partial charge in [-0.3, -0.25) is 10.1 Å². The predicted molar refractivity (Wildman–Crippen MR) is 64.5 cm³/mol. The van der Waals surface area contributed by atoms with Crippen molar-refractivity contribution in [1.29, 1.82) is 0 Å². The number of benzene rings is 1. The van der Waals surface area contributed by atoms with Crippen LogP contribution in [0.15, 0.2) is 24.3 Å². The average molecular weight is 242 g/mol. The fourth-order valence-corrected chi connectivity index (χ4v) is 1.69. The predicted octanol–water partition coefficient (Wildman–Crippen LogP) is 2.55. The Bertz CT molecular complexity index is 368. The van der Waals surface area contributed by atoms with Gasteiger partial charge in [0.15, 0.2) is 0 Å². The molecule has 0 aliphatic rings. The highest BCUT2D eigenvalue weighted by Gasteiger charge is 2.16. The van der Waals surface area contributed by atoms with Gasteiger partial charge < -0.3 is 4.74 Å². The van der Waals surface area contributed by atoms with Gasteiger partial charge in [0.1, 0.15) is 6.04 Å². The maximum Gasteiger partial charge on any atom is 0.322 e. The molecule has 0 radical (unpaired) electrons. The fourth-order valence-electron chi connectivity index (χ4n) is 1.49. The van der Waals surface area contributed by atoms with E-state index in [0.29, 0.717) is 5.02 Å². The average Bonchev–Trinajstić information content (AvgIpc) is 2.27. The molecular formula is C12H16ClNO2. The molecule has 0 heterocycles. The van der Waals surface area contributed by atoms with Crippen LogP contribution in [0, 0.1) is 0 Å². The van der Waals surface area contributed by atoms with Gasteiger partial charge in [-0.25, -0.2) is 0 Å². The first-order valence-corrected chi connectivity index (χ1v) is 5.51. The van der Waals surface area contributed by atoms with Crippen molar-refractivity contribution >= 4 is 17.6 Å². The Balaban J connectivity index is 2.65. The summed E-state index contributed by atoms with van der Waals surface area (Å²) in [6, 6.07) is 7.27. The van der Waals surface area contributed by atoms with Crippen molar-refractivity contribution in [2.75, 3.05) is 7.11 Å². The highest BCUT2D eigenvalue weighted by atomic mass is 35.5. The van der Waals surface area contributed by atoms with E-state index in [-0.39, 0.29) is 18.1 Å². The van der Waals surface area contributed by atoms with Crippen molar-refractivity contribution in [1.82, 2.24) is 5.32 Å². The maximum absolute atomic E-state index is 11.2. The Hall–Kier alpha value is -1.06. The largest absolute Gasteiger partial charge is 0.468 e. The fraction of sp³-hybridized carbons (Fsp3) is 0.417. The van der Waals surface area contributed by atoms with Crippen LogP contribution in [-0.4, -0.2) is 19.1 Å². The quantitative estimate of drug-likeness (QED) is 0.824. The lowest BCUT2D eigenvalue weighted by Crippen LogP contribution is -2.36. The van der Waals surface area contributed by atoms with Gasteiger partial charge in [0, 0.05) is 11.1 Å². The van der Waals surface area contributed by atoms with E-state index in [1.807, 2.05) is 31.2 Å². The van der Waals surface area contributed by atoms with Gasteiger partial charge in [0.25, 0.3) is 0 Å². The Labute approximate surface area is 101 Å². The molecule has 0 fully saturated rings. The Morgan fingerprint density at radius 2 is 2.12 bits per heavy atom. The van der Waals surface area contributed by atoms with Crippen molar-refractivity contribution in [3.63, 3.8) is 0 Å². The van der Waals surface area contributed by atoms with Crippen LogP contribution in [0.3, 0.4) is 0 Å². The summed E-state index contributed by atoms with van der Waals surface area (Å²) in [4.78, 5) is 11.2. The van der Waals surface area contributed by atoms with E-state index in [1.165, 1.54) is 7.11 Å². The first-order valence-electron chi connectivity index (χ1n) is 5.14. The number of methoxy groups -OCH3 is 1. The molecule has 1 rings (SSSR count). The van der Waals surface area contributed by atoms with Crippen LogP contribution in [0.5, 0.6) is 0 Å². The third-order valence-electron chi connectivity index (χ3n) is 2.40. The molecule has 0 saturated carbocycles. The third kappa shape index (κ3) is 3.51. The molecule has 3 nitrogen and oxygen atoms in total. The van der Waals surface area contributed by atoms with Crippen LogP contribution in [0.25, 0.3) is 0 Å². The zero-order chi connectivity index (χ0) is 12.1. The van der Waals surface area contributed by atoms with Crippen molar-refractivity contribution in [2.24, 2.45) is 0 Å². The van der Waals surface area contributed by atoms with E-state index >= 15 is 0 Å². The summed E-state index contributed by atoms with van der Waals surface area (Å²) in [6.07, 6.45) is 0. The summed E-state index contributed by atoms with van der Waals surface area (Å²) in [5.41, 5.74) is 1.04. The molecule has 1 aromatic carbocycles. The first-order chi connectivity index (χ1) is 7.54. The van der Waals surface area contributed by atoms with Gasteiger partial charge in [-0.2, -0.15) is 0 Å². The van der Waals surface area contributed by atoms with Gasteiger partial charge in [-0.15, -0.1) is 0 Å². The van der Waals surface area contributed by atoms with Gasteiger partial charge >= 0.3 is 5.97 Å². The minimum absolute atomic E-state index is 0.0489. The molecule has 0 amide bonds. The Morgan fingerprint density at radius 3 is 2.69 bits per heavy atom. The summed E-state index contributed by atoms with van der Waals surface area (Å²) >= 11 is 5.90.